The molecule has 24 heavy (non-hydrogen) atoms. The van der Waals surface area contributed by atoms with Crippen LogP contribution in [0.5, 0.6) is 5.88 Å². The Bertz CT molecular complexity index is 833. The first kappa shape index (κ1) is 15.7. The predicted octanol–water partition coefficient (Wildman–Crippen LogP) is 2.16. The van der Waals surface area contributed by atoms with Gasteiger partial charge in [-0.2, -0.15) is 0 Å². The van der Waals surface area contributed by atoms with Crippen molar-refractivity contribution in [2.24, 2.45) is 0 Å². The van der Waals surface area contributed by atoms with Gasteiger partial charge in [-0.05, 0) is 30.7 Å². The molecule has 3 rings (SSSR count). The smallest absolute Gasteiger partial charge is 0.436 e. The fourth-order valence-corrected chi connectivity index (χ4v) is 2.43. The number of hydrogen-bond acceptors (Lipinski definition) is 6. The van der Waals surface area contributed by atoms with Gasteiger partial charge in [-0.15, -0.1) is 5.06 Å². The number of fused-ring (bicyclic) bond motifs is 1. The molecule has 0 aliphatic carbocycles. The minimum Gasteiger partial charge on any atom is -0.481 e. The lowest BCUT2D eigenvalue weighted by atomic mass is 10.1. The van der Waals surface area contributed by atoms with Crippen LogP contribution in [0.25, 0.3) is 10.9 Å². The zero-order valence-electron chi connectivity index (χ0n) is 13.2. The van der Waals surface area contributed by atoms with Gasteiger partial charge in [0.05, 0.1) is 12.6 Å². The molecule has 0 bridgehead atoms. The second-order valence-electron chi connectivity index (χ2n) is 5.30. The third-order valence-corrected chi connectivity index (χ3v) is 3.63. The predicted molar refractivity (Wildman–Crippen MR) is 84.2 cm³/mol. The van der Waals surface area contributed by atoms with Crippen LogP contribution in [0.1, 0.15) is 18.4 Å². The highest BCUT2D eigenvalue weighted by molar-refractivity contribution is 6.02. The van der Waals surface area contributed by atoms with E-state index in [1.807, 2.05) is 6.92 Å². The quantitative estimate of drug-likeness (QED) is 0.867. The standard InChI is InChI=1S/C16H15N3O5/c1-9-7-13(23-2)18-12-4-3-10(8-11(9)12)17-16(22)24-19-14(20)5-6-15(19)21/h3-4,7-8H,5-6H2,1-2H3,(H,17,22). The number of aromatic nitrogens is 1. The van der Waals surface area contributed by atoms with E-state index >= 15 is 0 Å². The summed E-state index contributed by atoms with van der Waals surface area (Å²) in [6.45, 7) is 1.90. The summed E-state index contributed by atoms with van der Waals surface area (Å²) in [6.07, 6.45) is -0.805. The van der Waals surface area contributed by atoms with Crippen molar-refractivity contribution in [3.05, 3.63) is 29.8 Å². The van der Waals surface area contributed by atoms with E-state index in [9.17, 15) is 14.4 Å². The number of methoxy groups -OCH3 is 1. The maximum absolute atomic E-state index is 11.9. The molecule has 0 spiro atoms. The van der Waals surface area contributed by atoms with Crippen molar-refractivity contribution >= 4 is 34.5 Å². The van der Waals surface area contributed by atoms with Gasteiger partial charge in [0.15, 0.2) is 0 Å². The second kappa shape index (κ2) is 6.15. The second-order valence-corrected chi connectivity index (χ2v) is 5.30. The molecular weight excluding hydrogens is 314 g/mol. The van der Waals surface area contributed by atoms with Crippen LogP contribution in [0.4, 0.5) is 10.5 Å². The van der Waals surface area contributed by atoms with E-state index in [2.05, 4.69) is 10.3 Å². The molecule has 1 saturated heterocycles. The Labute approximate surface area is 137 Å². The van der Waals surface area contributed by atoms with Crippen LogP contribution in [-0.2, 0) is 14.4 Å². The normalized spacial score (nSPS) is 14.2. The molecular formula is C16H15N3O5. The fourth-order valence-electron chi connectivity index (χ4n) is 2.43. The molecule has 1 fully saturated rings. The average molecular weight is 329 g/mol. The van der Waals surface area contributed by atoms with Crippen molar-refractivity contribution in [3.8, 4) is 5.88 Å². The van der Waals surface area contributed by atoms with Crippen LogP contribution in [0.3, 0.4) is 0 Å². The lowest BCUT2D eigenvalue weighted by Crippen LogP contribution is -2.33. The molecule has 124 valence electrons. The van der Waals surface area contributed by atoms with Crippen molar-refractivity contribution in [3.63, 3.8) is 0 Å². The molecule has 8 nitrogen and oxygen atoms in total. The SMILES string of the molecule is COc1cc(C)c2cc(NC(=O)ON3C(=O)CCC3=O)ccc2n1. The van der Waals surface area contributed by atoms with Gasteiger partial charge in [0.2, 0.25) is 5.88 Å². The zero-order valence-corrected chi connectivity index (χ0v) is 13.2. The molecule has 1 aliphatic rings. The van der Waals surface area contributed by atoms with Crippen molar-refractivity contribution in [2.75, 3.05) is 12.4 Å². The van der Waals surface area contributed by atoms with Crippen LogP contribution in [-0.4, -0.2) is 35.1 Å². The summed E-state index contributed by atoms with van der Waals surface area (Å²) in [4.78, 5) is 43.8. The van der Waals surface area contributed by atoms with Gasteiger partial charge in [-0.25, -0.2) is 9.78 Å². The molecule has 0 radical (unpaired) electrons. The number of carbonyl (C=O) groups excluding carboxylic acids is 3. The van der Waals surface area contributed by atoms with E-state index in [-0.39, 0.29) is 12.8 Å². The Kier molecular flexibility index (Phi) is 4.03. The van der Waals surface area contributed by atoms with Gasteiger partial charge < -0.3 is 9.57 Å². The Morgan fingerprint density at radius 2 is 1.92 bits per heavy atom. The molecule has 8 heteroatoms. The lowest BCUT2D eigenvalue weighted by molar-refractivity contribution is -0.170. The van der Waals surface area contributed by atoms with Gasteiger partial charge in [-0.3, -0.25) is 14.9 Å². The first-order valence-electron chi connectivity index (χ1n) is 7.28. The van der Waals surface area contributed by atoms with E-state index in [0.29, 0.717) is 16.6 Å². The van der Waals surface area contributed by atoms with Crippen LogP contribution >= 0.6 is 0 Å². The van der Waals surface area contributed by atoms with E-state index in [1.54, 1.807) is 31.4 Å². The zero-order chi connectivity index (χ0) is 17.3. The molecule has 1 aromatic heterocycles. The van der Waals surface area contributed by atoms with Gasteiger partial charge in [0.25, 0.3) is 11.8 Å². The Morgan fingerprint density at radius 3 is 2.58 bits per heavy atom. The summed E-state index contributed by atoms with van der Waals surface area (Å²) in [5, 5.41) is 3.82. The number of amides is 3. The number of nitrogens with zero attached hydrogens (tertiary/aromatic N) is 2. The minimum atomic E-state index is -0.905. The molecule has 3 amide bonds. The summed E-state index contributed by atoms with van der Waals surface area (Å²) in [7, 11) is 1.54. The topological polar surface area (TPSA) is 97.8 Å². The number of benzene rings is 1. The highest BCUT2D eigenvalue weighted by Gasteiger charge is 2.32. The van der Waals surface area contributed by atoms with Crippen molar-refractivity contribution < 1.29 is 24.0 Å². The first-order chi connectivity index (χ1) is 11.5. The third-order valence-electron chi connectivity index (χ3n) is 3.63. The lowest BCUT2D eigenvalue weighted by Gasteiger charge is -2.13. The fraction of sp³-hybridized carbons (Fsp3) is 0.250. The molecule has 2 aromatic rings. The summed E-state index contributed by atoms with van der Waals surface area (Å²) < 4.78 is 5.12. The van der Waals surface area contributed by atoms with Gasteiger partial charge in [0.1, 0.15) is 0 Å². The molecule has 1 aromatic carbocycles. The number of hydrogen-bond donors (Lipinski definition) is 1. The number of nitrogens with one attached hydrogen (secondary N) is 1. The number of pyridine rings is 1. The van der Waals surface area contributed by atoms with Crippen molar-refractivity contribution in [2.45, 2.75) is 19.8 Å². The third kappa shape index (κ3) is 2.98. The Balaban J connectivity index is 1.77. The number of imide groups is 1. The van der Waals surface area contributed by atoms with Crippen LogP contribution in [0.15, 0.2) is 24.3 Å². The number of rotatable bonds is 3. The van der Waals surface area contributed by atoms with Gasteiger partial charge in [0, 0.05) is 30.0 Å². The molecule has 0 saturated carbocycles. The highest BCUT2D eigenvalue weighted by atomic mass is 16.7. The van der Waals surface area contributed by atoms with E-state index < -0.39 is 17.9 Å². The van der Waals surface area contributed by atoms with E-state index in [1.165, 1.54) is 0 Å². The number of hydroxylamine groups is 2. The number of aryl methyl sites for hydroxylation is 1. The molecule has 0 atom stereocenters. The Hall–Kier alpha value is -3.16. The maximum atomic E-state index is 11.9. The van der Waals surface area contributed by atoms with Crippen LogP contribution < -0.4 is 10.1 Å². The summed E-state index contributed by atoms with van der Waals surface area (Å²) in [5.74, 6) is -0.548. The maximum Gasteiger partial charge on any atom is 0.436 e. The number of carbonyl (C=O) groups is 3. The molecule has 0 unspecified atom stereocenters. The Morgan fingerprint density at radius 1 is 1.21 bits per heavy atom. The first-order valence-corrected chi connectivity index (χ1v) is 7.28. The van der Waals surface area contributed by atoms with Crippen molar-refractivity contribution in [1.82, 2.24) is 10.0 Å². The van der Waals surface area contributed by atoms with Gasteiger partial charge >= 0.3 is 6.09 Å². The minimum absolute atomic E-state index is 0.0504. The monoisotopic (exact) mass is 329 g/mol. The molecule has 1 aliphatic heterocycles. The number of ether oxygens (including phenoxy) is 1. The summed E-state index contributed by atoms with van der Waals surface area (Å²) >= 11 is 0. The number of anilines is 1. The molecule has 2 heterocycles. The van der Waals surface area contributed by atoms with E-state index in [0.717, 1.165) is 16.5 Å². The molecule has 1 N–H and O–H groups in total. The highest BCUT2D eigenvalue weighted by Crippen LogP contribution is 2.24. The van der Waals surface area contributed by atoms with Crippen LogP contribution in [0, 0.1) is 6.92 Å². The summed E-state index contributed by atoms with van der Waals surface area (Å²) in [5.41, 5.74) is 2.11. The van der Waals surface area contributed by atoms with Gasteiger partial charge in [-0.1, -0.05) is 0 Å². The van der Waals surface area contributed by atoms with Crippen LogP contribution in [0.2, 0.25) is 0 Å². The van der Waals surface area contributed by atoms with Crippen molar-refractivity contribution in [1.29, 1.82) is 0 Å². The summed E-state index contributed by atoms with van der Waals surface area (Å²) in [6, 6.07) is 6.88. The largest absolute Gasteiger partial charge is 0.481 e. The van der Waals surface area contributed by atoms with E-state index in [4.69, 9.17) is 9.57 Å². The average Bonchev–Trinajstić information content (AvgIpc) is 2.87.